The summed E-state index contributed by atoms with van der Waals surface area (Å²) >= 11 is 0. The summed E-state index contributed by atoms with van der Waals surface area (Å²) in [5.41, 5.74) is 18.5. The van der Waals surface area contributed by atoms with Crippen LogP contribution in [-0.4, -0.2) is 210 Å². The maximum absolute atomic E-state index is 15.9. The van der Waals surface area contributed by atoms with Gasteiger partial charge in [-0.25, -0.2) is 9.88 Å². The molecule has 4 aromatic carbocycles. The van der Waals surface area contributed by atoms with Crippen molar-refractivity contribution < 1.29 is 88.9 Å². The number of likely N-dealkylation sites (tertiary alicyclic amines) is 1. The number of phenols is 1. The van der Waals surface area contributed by atoms with Crippen LogP contribution in [0.4, 0.5) is 0 Å². The van der Waals surface area contributed by atoms with E-state index in [0.29, 0.717) is 41.1 Å². The maximum Gasteiger partial charge on any atom is 2.00 e. The monoisotopic (exact) mass is 1490 g/mol. The number of fused-ring (bicyclic) bond motifs is 2. The summed E-state index contributed by atoms with van der Waals surface area (Å²) in [5.74, 6) is -12.5. The number of aromatic amines is 2. The highest BCUT2D eigenvalue weighted by atomic mass is 16.4. The second kappa shape index (κ2) is 42.8. The standard InChI is InChI=1S/C68H89N17O12.2C2H4O2.H2O.O/c1-4-84-27-11-24-68(84,66(97)85(57(88)34-69)65(96)55(33-45-36-73-38-77-45)82-60(91)51-17-10-25-74-51)58(89)50(16-9-26-75-67(71)72)78-61(92)52(28-39(2)3)79-63(94)54(31-41-18-21-42-12-5-6-13-43(42)29-41)80-62(93)53(30-40-19-22-46(87)23-20-40)81-64(95)56(37-86)83-59(90)48(70)32-44-35-76-49-15-8-7-14-47(44)49;2*1-2(3)4;;/h5-8,12-15,18-23,29,35-36,38-39,48,50-56,74,76,86-87H,4,9-11,16-17,24-28,30-34,37,69-70H2,1-3H3,(H,73,77)(H,78,92)(H,79,94)(H,80,93)(H,81,95)(H,82,91)(H,83,90)(H4,71,72,75);2*1H3,(H,3,4);1H2;/q;;;;+2/p-2/t48-,50-,51-,52-,53-,54+,55-,56-,68+;;;;/m0..../s1. The lowest BCUT2D eigenvalue weighted by Crippen LogP contribution is -2.69. The largest absolute Gasteiger partial charge is 2.00 e. The Kier molecular flexibility index (Phi) is 35.3. The molecule has 107 heavy (non-hydrogen) atoms. The van der Waals surface area contributed by atoms with Crippen LogP contribution in [0.3, 0.4) is 0 Å². The Labute approximate surface area is 617 Å². The van der Waals surface area contributed by atoms with Gasteiger partial charge in [0.1, 0.15) is 36.0 Å². The van der Waals surface area contributed by atoms with Gasteiger partial charge in [0, 0.05) is 61.0 Å². The summed E-state index contributed by atoms with van der Waals surface area (Å²) in [7, 11) is 0. The number of aromatic hydroxyl groups is 1. The number of ketones is 1. The number of aliphatic hydroxyl groups is 1. The quantitative estimate of drug-likeness (QED) is 0.00812. The van der Waals surface area contributed by atoms with Gasteiger partial charge >= 0.3 is 5.48 Å². The predicted molar refractivity (Wildman–Crippen MR) is 386 cm³/mol. The van der Waals surface area contributed by atoms with Crippen LogP contribution in [0.5, 0.6) is 5.75 Å². The Morgan fingerprint density at radius 2 is 1.31 bits per heavy atom. The van der Waals surface area contributed by atoms with Crippen LogP contribution in [0.25, 0.3) is 21.7 Å². The van der Waals surface area contributed by atoms with Gasteiger partial charge in [-0.2, -0.15) is 0 Å². The van der Waals surface area contributed by atoms with E-state index in [1.165, 1.54) is 41.7 Å². The fourth-order valence-corrected chi connectivity index (χ4v) is 12.6. The number of amides is 9. The third-order valence-electron chi connectivity index (χ3n) is 17.6. The molecule has 9 atom stereocenters. The van der Waals surface area contributed by atoms with E-state index in [9.17, 15) is 29.4 Å². The summed E-state index contributed by atoms with van der Waals surface area (Å²) in [5, 5.41) is 70.9. The first-order valence-corrected chi connectivity index (χ1v) is 34.5. The Balaban J connectivity index is 0.00000230. The number of phenolic OH excluding ortho intramolecular Hbond substituents is 1. The van der Waals surface area contributed by atoms with Gasteiger partial charge < -0.3 is 105 Å². The number of aliphatic hydroxyl groups excluding tert-OH is 1. The molecule has 35 heteroatoms. The number of carboxylic acids is 2. The molecule has 4 radical (unpaired) electrons. The minimum absolute atomic E-state index is 0. The summed E-state index contributed by atoms with van der Waals surface area (Å²) in [4.78, 5) is 178. The number of hydrogen-bond acceptors (Lipinski definition) is 22. The van der Waals surface area contributed by atoms with Gasteiger partial charge in [-0.05, 0) is 136 Å². The van der Waals surface area contributed by atoms with Crippen LogP contribution in [-0.2, 0) is 88.7 Å². The van der Waals surface area contributed by atoms with Crippen LogP contribution in [0, 0.1) is 11.3 Å². The van der Waals surface area contributed by atoms with Crippen LogP contribution >= 0.6 is 0 Å². The molecule has 0 unspecified atom stereocenters. The Morgan fingerprint density at radius 1 is 0.729 bits per heavy atom. The number of carbonyl (C=O) groups is 12. The second-order valence-corrected chi connectivity index (χ2v) is 26.0. The zero-order valence-electron chi connectivity index (χ0n) is 60.2. The summed E-state index contributed by atoms with van der Waals surface area (Å²) in [6, 6.07) is 14.9. The number of carbonyl (C=O) groups excluding carboxylic acids is 12. The number of carboxylic acid groups (broad SMARTS) is 2. The minimum atomic E-state index is -2.30. The van der Waals surface area contributed by atoms with E-state index in [1.54, 1.807) is 33.0 Å². The van der Waals surface area contributed by atoms with Gasteiger partial charge in [-0.15, -0.1) is 0 Å². The van der Waals surface area contributed by atoms with Crippen LogP contribution in [0.15, 0.2) is 110 Å². The summed E-state index contributed by atoms with van der Waals surface area (Å²) in [6.45, 7) is 6.15. The van der Waals surface area contributed by atoms with E-state index < -0.39 is 144 Å². The number of guanidine groups is 1. The molecule has 2 aliphatic heterocycles. The first-order valence-electron chi connectivity index (χ1n) is 34.5. The fraction of sp³-hybridized carbons (Fsp3) is 0.444. The molecule has 0 bridgehead atoms. The van der Waals surface area contributed by atoms with Gasteiger partial charge in [0.15, 0.2) is 17.3 Å². The number of para-hydroxylation sites is 1. The summed E-state index contributed by atoms with van der Waals surface area (Å²) < 4.78 is 0. The molecule has 4 heterocycles. The normalized spacial score (nSPS) is 16.4. The van der Waals surface area contributed by atoms with Crippen molar-refractivity contribution in [2.24, 2.45) is 23.1 Å². The van der Waals surface area contributed by atoms with Gasteiger partial charge in [0.2, 0.25) is 41.4 Å². The lowest BCUT2D eigenvalue weighted by atomic mass is 9.82. The highest BCUT2D eigenvalue weighted by molar-refractivity contribution is 6.24. The van der Waals surface area contributed by atoms with Crippen LogP contribution in [0.2, 0.25) is 0 Å². The number of hydrogen-bond donors (Lipinski definition) is 16. The first kappa shape index (κ1) is 88.3. The van der Waals surface area contributed by atoms with Crippen molar-refractivity contribution in [3.63, 3.8) is 0 Å². The SMILES string of the molecule is CC(=O)[O-].CC(=O)[O-].CCN1CCC[C@@]1(C(=O)[C@H](CCCNC(=N)N)NC(=O)[C@H](CC(C)C)NC(=O)[C@@H](Cc1ccc2ccccc2c1)NC(=O)[C@H](Cc1ccc(O)cc1)NC(=O)[C@H](CO)NC(=O)[C@@H](N)Cc1c[nH]c2ccccc12)C(=O)N(C(=O)CN)C(=O)[C@H](Cc1c[nH]cn1)NC(=O)[C@@H]1CCCN1.O.[O+2]. The smallest absolute Gasteiger partial charge is 0.550 e. The number of Topliss-reactive ketones (excluding diaryl/α,β-unsaturated/α-hetero) is 1. The van der Waals surface area contributed by atoms with Crippen molar-refractivity contribution in [2.75, 3.05) is 39.3 Å². The zero-order chi connectivity index (χ0) is 77.1. The van der Waals surface area contributed by atoms with Crippen molar-refractivity contribution in [1.82, 2.24) is 67.3 Å². The molecule has 2 aromatic heterocycles. The molecule has 21 N–H and O–H groups in total. The molecule has 2 aliphatic rings. The number of aromatic nitrogens is 3. The molecule has 35 nitrogen and oxygen atoms in total. The number of imide groups is 3. The number of nitrogens with zero attached hydrogens (tertiary/aromatic N) is 3. The van der Waals surface area contributed by atoms with E-state index >= 15 is 28.8 Å². The molecule has 578 valence electrons. The lowest BCUT2D eigenvalue weighted by molar-refractivity contribution is -0.303. The molecular formula is C72H97N17O18. The average Bonchev–Trinajstić information content (AvgIpc) is 1.67. The predicted octanol–water partition coefficient (Wildman–Crippen LogP) is -3.86. The minimum Gasteiger partial charge on any atom is -0.550 e. The number of likely N-dealkylation sites (N-methyl/N-ethyl adjacent to an activating group) is 1. The molecule has 9 amide bonds. The molecule has 0 spiro atoms. The van der Waals surface area contributed by atoms with E-state index in [1.807, 2.05) is 60.7 Å². The van der Waals surface area contributed by atoms with Crippen molar-refractivity contribution in [3.05, 3.63) is 132 Å². The molecular weight excluding hydrogens is 1390 g/mol. The Morgan fingerprint density at radius 3 is 1.90 bits per heavy atom. The number of nitrogens with two attached hydrogens (primary N) is 3. The molecule has 0 aliphatic carbocycles. The number of H-pyrrole nitrogens is 2. The number of benzene rings is 4. The molecule has 8 rings (SSSR count). The van der Waals surface area contributed by atoms with Crippen molar-refractivity contribution in [1.29, 1.82) is 5.41 Å². The maximum atomic E-state index is 15.9. The van der Waals surface area contributed by atoms with Crippen LogP contribution in [0.1, 0.15) is 102 Å². The topological polar surface area (TPSA) is 601 Å². The second-order valence-electron chi connectivity index (χ2n) is 26.0. The molecule has 2 saturated heterocycles. The third kappa shape index (κ3) is 25.6. The number of rotatable bonds is 33. The Hall–Kier alpha value is -11.1. The fourth-order valence-electron chi connectivity index (χ4n) is 12.6. The van der Waals surface area contributed by atoms with E-state index in [4.69, 9.17) is 42.4 Å². The first-order chi connectivity index (χ1) is 50.0. The number of aliphatic carboxylic acids is 2. The highest BCUT2D eigenvalue weighted by Crippen LogP contribution is 2.35. The number of imidazole rings is 1. The Bertz CT molecular complexity index is 4000. The van der Waals surface area contributed by atoms with Crippen molar-refractivity contribution >= 4 is 98.5 Å². The van der Waals surface area contributed by atoms with Gasteiger partial charge in [-0.1, -0.05) is 93.6 Å². The zero-order valence-corrected chi connectivity index (χ0v) is 60.2. The third-order valence-corrected chi connectivity index (χ3v) is 17.6. The van der Waals surface area contributed by atoms with Gasteiger partial charge in [0.05, 0.1) is 43.3 Å². The lowest BCUT2D eigenvalue weighted by Gasteiger charge is -2.40. The van der Waals surface area contributed by atoms with E-state index in [2.05, 4.69) is 57.5 Å². The van der Waals surface area contributed by atoms with E-state index in [0.717, 1.165) is 41.1 Å². The average molecular weight is 1490 g/mol. The highest BCUT2D eigenvalue weighted by Gasteiger charge is 2.59. The van der Waals surface area contributed by atoms with E-state index in [-0.39, 0.29) is 100 Å². The summed E-state index contributed by atoms with van der Waals surface area (Å²) in [6.07, 6.45) is 4.83. The van der Waals surface area contributed by atoms with Crippen molar-refractivity contribution in [2.45, 2.75) is 159 Å². The van der Waals surface area contributed by atoms with Crippen LogP contribution < -0.4 is 69.9 Å². The van der Waals surface area contributed by atoms with Gasteiger partial charge in [-0.3, -0.25) is 58.3 Å². The van der Waals surface area contributed by atoms with Gasteiger partial charge in [0.25, 0.3) is 11.8 Å². The number of nitrogens with one attached hydrogen (secondary N) is 11. The molecule has 2 fully saturated rings. The molecule has 0 saturated carbocycles. The molecule has 6 aromatic rings. The van der Waals surface area contributed by atoms with Crippen molar-refractivity contribution in [3.8, 4) is 5.75 Å².